The molecule has 4 heteroatoms. The van der Waals surface area contributed by atoms with Gasteiger partial charge in [0, 0.05) is 12.8 Å². The molecule has 2 heterocycles. The summed E-state index contributed by atoms with van der Waals surface area (Å²) < 4.78 is 11.7. The molecule has 0 aliphatic carbocycles. The summed E-state index contributed by atoms with van der Waals surface area (Å²) in [6, 6.07) is 0. The van der Waals surface area contributed by atoms with Gasteiger partial charge < -0.3 is 19.7 Å². The van der Waals surface area contributed by atoms with Gasteiger partial charge in [-0.1, -0.05) is 30.7 Å². The third-order valence-corrected chi connectivity index (χ3v) is 3.86. The van der Waals surface area contributed by atoms with E-state index in [1.54, 1.807) is 0 Å². The Morgan fingerprint density at radius 3 is 2.62 bits per heavy atom. The number of rotatable bonds is 3. The average molecular weight is 294 g/mol. The largest absolute Gasteiger partial charge is 0.390 e. The van der Waals surface area contributed by atoms with Crippen molar-refractivity contribution in [1.82, 2.24) is 0 Å². The second-order valence-electron chi connectivity index (χ2n) is 6.11. The Morgan fingerprint density at radius 2 is 2.00 bits per heavy atom. The van der Waals surface area contributed by atoms with Crippen LogP contribution < -0.4 is 0 Å². The monoisotopic (exact) mass is 294 g/mol. The molecule has 3 unspecified atom stereocenters. The molecule has 3 atom stereocenters. The van der Waals surface area contributed by atoms with Gasteiger partial charge in [-0.15, -0.1) is 0 Å². The van der Waals surface area contributed by atoms with Gasteiger partial charge in [0.25, 0.3) is 0 Å². The molecule has 2 aliphatic rings. The first-order chi connectivity index (χ1) is 9.96. The maximum absolute atomic E-state index is 9.91. The zero-order valence-corrected chi connectivity index (χ0v) is 13.1. The van der Waals surface area contributed by atoms with Crippen molar-refractivity contribution in [3.05, 3.63) is 34.9 Å². The van der Waals surface area contributed by atoms with Crippen molar-refractivity contribution >= 4 is 0 Å². The summed E-state index contributed by atoms with van der Waals surface area (Å²) in [6.45, 7) is 6.82. The minimum atomic E-state index is -0.822. The van der Waals surface area contributed by atoms with Gasteiger partial charge >= 0.3 is 0 Å². The standard InChI is InChI=1S/C17H26O4/c1-4-5-6-13-8-17(9-15(18)16(19)11-21-17)20-10-14(13)7-12(2)3/h5-7,15-16,18-19H,4,8-11H2,1-3H3/b6-5-. The van der Waals surface area contributed by atoms with Gasteiger partial charge in [-0.25, -0.2) is 0 Å². The fourth-order valence-corrected chi connectivity index (χ4v) is 2.75. The van der Waals surface area contributed by atoms with Crippen LogP contribution in [0.5, 0.6) is 0 Å². The van der Waals surface area contributed by atoms with Crippen LogP contribution in [0.25, 0.3) is 0 Å². The molecule has 1 spiro atoms. The number of hydrogen-bond acceptors (Lipinski definition) is 4. The zero-order chi connectivity index (χ0) is 15.5. The molecule has 0 aromatic rings. The summed E-state index contributed by atoms with van der Waals surface area (Å²) in [5, 5.41) is 19.5. The third kappa shape index (κ3) is 4.04. The highest BCUT2D eigenvalue weighted by Crippen LogP contribution is 2.38. The Balaban J connectivity index is 2.23. The Kier molecular flexibility index (Phi) is 5.38. The van der Waals surface area contributed by atoms with E-state index < -0.39 is 18.0 Å². The molecule has 2 N–H and O–H groups in total. The van der Waals surface area contributed by atoms with Gasteiger partial charge in [0.1, 0.15) is 6.10 Å². The van der Waals surface area contributed by atoms with Crippen LogP contribution in [0.3, 0.4) is 0 Å². The SMILES string of the molecule is CC/C=C\C1=C(C=C(C)C)COC2(C1)CC(O)C(O)CO2. The zero-order valence-electron chi connectivity index (χ0n) is 13.1. The number of aliphatic hydroxyl groups is 2. The first-order valence-corrected chi connectivity index (χ1v) is 7.63. The molecule has 0 amide bonds. The van der Waals surface area contributed by atoms with E-state index in [1.165, 1.54) is 11.1 Å². The lowest BCUT2D eigenvalue weighted by atomic mass is 9.89. The Labute approximate surface area is 126 Å². The molecule has 2 aliphatic heterocycles. The van der Waals surface area contributed by atoms with Gasteiger partial charge in [-0.2, -0.15) is 0 Å². The molecule has 0 bridgehead atoms. The van der Waals surface area contributed by atoms with E-state index in [0.717, 1.165) is 12.0 Å². The van der Waals surface area contributed by atoms with Gasteiger partial charge in [0.05, 0.1) is 19.3 Å². The van der Waals surface area contributed by atoms with E-state index in [-0.39, 0.29) is 6.61 Å². The van der Waals surface area contributed by atoms with Crippen LogP contribution in [0.2, 0.25) is 0 Å². The summed E-state index contributed by atoms with van der Waals surface area (Å²) >= 11 is 0. The molecule has 21 heavy (non-hydrogen) atoms. The van der Waals surface area contributed by atoms with Crippen molar-refractivity contribution in [3.8, 4) is 0 Å². The number of hydrogen-bond donors (Lipinski definition) is 2. The maximum atomic E-state index is 9.91. The molecule has 2 rings (SSSR count). The highest BCUT2D eigenvalue weighted by Gasteiger charge is 2.44. The predicted molar refractivity (Wildman–Crippen MR) is 81.8 cm³/mol. The molecule has 0 aromatic heterocycles. The first-order valence-electron chi connectivity index (χ1n) is 7.63. The number of allylic oxidation sites excluding steroid dienone is 3. The van der Waals surface area contributed by atoms with Crippen molar-refractivity contribution in [2.24, 2.45) is 0 Å². The van der Waals surface area contributed by atoms with Crippen LogP contribution in [-0.2, 0) is 9.47 Å². The van der Waals surface area contributed by atoms with Crippen LogP contribution in [0.15, 0.2) is 34.9 Å². The molecule has 0 saturated carbocycles. The van der Waals surface area contributed by atoms with E-state index >= 15 is 0 Å². The van der Waals surface area contributed by atoms with Crippen LogP contribution in [0.4, 0.5) is 0 Å². The Hall–Kier alpha value is -0.940. The molecule has 1 saturated heterocycles. The maximum Gasteiger partial charge on any atom is 0.175 e. The summed E-state index contributed by atoms with van der Waals surface area (Å²) in [5.41, 5.74) is 3.58. The van der Waals surface area contributed by atoms with Gasteiger partial charge in [0.15, 0.2) is 5.79 Å². The predicted octanol–water partition coefficient (Wildman–Crippen LogP) is 2.47. The van der Waals surface area contributed by atoms with Crippen molar-refractivity contribution < 1.29 is 19.7 Å². The lowest BCUT2D eigenvalue weighted by Gasteiger charge is -2.43. The van der Waals surface area contributed by atoms with Gasteiger partial charge in [-0.3, -0.25) is 0 Å². The highest BCUT2D eigenvalue weighted by atomic mass is 16.7. The fourth-order valence-electron chi connectivity index (χ4n) is 2.75. The minimum absolute atomic E-state index is 0.115. The minimum Gasteiger partial charge on any atom is -0.390 e. The lowest BCUT2D eigenvalue weighted by Crippen LogP contribution is -2.52. The van der Waals surface area contributed by atoms with Crippen molar-refractivity contribution in [3.63, 3.8) is 0 Å². The Bertz CT molecular complexity index is 459. The second-order valence-corrected chi connectivity index (χ2v) is 6.11. The molecule has 0 radical (unpaired) electrons. The number of aliphatic hydroxyl groups excluding tert-OH is 2. The second kappa shape index (κ2) is 6.88. The summed E-state index contributed by atoms with van der Waals surface area (Å²) in [5.74, 6) is -0.801. The van der Waals surface area contributed by atoms with Gasteiger partial charge in [0.2, 0.25) is 0 Å². The van der Waals surface area contributed by atoms with E-state index in [1.807, 2.05) is 0 Å². The van der Waals surface area contributed by atoms with Crippen LogP contribution in [0, 0.1) is 0 Å². The molecule has 4 nitrogen and oxygen atoms in total. The van der Waals surface area contributed by atoms with Crippen LogP contribution in [-0.4, -0.2) is 41.4 Å². The first kappa shape index (κ1) is 16.4. The summed E-state index contributed by atoms with van der Waals surface area (Å²) in [4.78, 5) is 0. The van der Waals surface area contributed by atoms with E-state index in [4.69, 9.17) is 9.47 Å². The topological polar surface area (TPSA) is 58.9 Å². The molecule has 118 valence electrons. The smallest absolute Gasteiger partial charge is 0.175 e. The van der Waals surface area contributed by atoms with E-state index in [9.17, 15) is 10.2 Å². The molecule has 1 fully saturated rings. The molecular weight excluding hydrogens is 268 g/mol. The lowest BCUT2D eigenvalue weighted by molar-refractivity contribution is -0.291. The van der Waals surface area contributed by atoms with Crippen molar-refractivity contribution in [1.29, 1.82) is 0 Å². The van der Waals surface area contributed by atoms with E-state index in [0.29, 0.717) is 19.4 Å². The average Bonchev–Trinajstić information content (AvgIpc) is 2.43. The summed E-state index contributed by atoms with van der Waals surface area (Å²) in [7, 11) is 0. The van der Waals surface area contributed by atoms with Crippen molar-refractivity contribution in [2.45, 2.75) is 58.0 Å². The van der Waals surface area contributed by atoms with E-state index in [2.05, 4.69) is 39.0 Å². The van der Waals surface area contributed by atoms with Gasteiger partial charge in [-0.05, 0) is 31.4 Å². The summed E-state index contributed by atoms with van der Waals surface area (Å²) in [6.07, 6.45) is 6.66. The highest BCUT2D eigenvalue weighted by molar-refractivity contribution is 5.37. The normalized spacial score (nSPS) is 33.8. The van der Waals surface area contributed by atoms with Crippen molar-refractivity contribution in [2.75, 3.05) is 13.2 Å². The quantitative estimate of drug-likeness (QED) is 0.839. The van der Waals surface area contributed by atoms with Crippen LogP contribution >= 0.6 is 0 Å². The number of ether oxygens (including phenoxy) is 2. The Morgan fingerprint density at radius 1 is 1.24 bits per heavy atom. The molecule has 0 aromatic carbocycles. The molecular formula is C17H26O4. The van der Waals surface area contributed by atoms with Crippen LogP contribution in [0.1, 0.15) is 40.0 Å². The fraction of sp³-hybridized carbons (Fsp3) is 0.647. The third-order valence-electron chi connectivity index (χ3n) is 3.86.